The predicted octanol–water partition coefficient (Wildman–Crippen LogP) is 4.65. The minimum Gasteiger partial charge on any atom is -0.392 e. The standard InChI is InChI=1S/C37H43FN6O4/c1-22-27(17-30(34(46)41-22)42-32-10-9-23(18-39-32)20-43-13-11-37(5,48)12-14-43)26-7-6-8-31(28(26)21-45)44-35(47)33-24(19-40-44)15-25(16-29(33)38)36(2,3)4/h6-10,15-19,22,27,45,48H,11-14,20-21H2,1-5H3,(H,39,42)(H,41,46). The Kier molecular flexibility index (Phi) is 8.97. The Labute approximate surface area is 279 Å². The molecule has 0 bridgehead atoms. The Morgan fingerprint density at radius 2 is 1.85 bits per heavy atom. The van der Waals surface area contributed by atoms with Gasteiger partial charge in [-0.3, -0.25) is 14.5 Å². The van der Waals surface area contributed by atoms with Crippen molar-refractivity contribution in [3.8, 4) is 5.69 Å². The molecule has 1 amide bonds. The molecule has 0 saturated carbocycles. The molecule has 252 valence electrons. The number of hydrogen-bond acceptors (Lipinski definition) is 8. The first kappa shape index (κ1) is 33.5. The molecule has 0 radical (unpaired) electrons. The number of aliphatic hydroxyl groups excluding tert-OH is 1. The van der Waals surface area contributed by atoms with Crippen LogP contribution in [0.3, 0.4) is 0 Å². The number of fused-ring (bicyclic) bond motifs is 1. The fourth-order valence-corrected chi connectivity index (χ4v) is 6.53. The topological polar surface area (TPSA) is 133 Å². The average Bonchev–Trinajstić information content (AvgIpc) is 3.03. The zero-order valence-electron chi connectivity index (χ0n) is 28.0. The van der Waals surface area contributed by atoms with Crippen LogP contribution in [-0.4, -0.2) is 60.5 Å². The number of hydrogen-bond donors (Lipinski definition) is 4. The smallest absolute Gasteiger partial charge is 0.282 e. The van der Waals surface area contributed by atoms with Gasteiger partial charge in [-0.05, 0) is 79.1 Å². The molecule has 0 aliphatic carbocycles. The fraction of sp³-hybridized carbons (Fsp3) is 0.405. The number of benzene rings is 2. The zero-order valence-corrected chi connectivity index (χ0v) is 28.0. The number of pyridine rings is 1. The first-order valence-electron chi connectivity index (χ1n) is 16.4. The van der Waals surface area contributed by atoms with Crippen molar-refractivity contribution in [3.05, 3.63) is 105 Å². The van der Waals surface area contributed by atoms with E-state index in [2.05, 4.69) is 25.6 Å². The summed E-state index contributed by atoms with van der Waals surface area (Å²) in [6.07, 6.45) is 6.53. The number of carbonyl (C=O) groups is 1. The van der Waals surface area contributed by atoms with Crippen LogP contribution in [0.5, 0.6) is 0 Å². The van der Waals surface area contributed by atoms with Gasteiger partial charge in [0, 0.05) is 48.7 Å². The van der Waals surface area contributed by atoms with E-state index in [0.29, 0.717) is 33.7 Å². The summed E-state index contributed by atoms with van der Waals surface area (Å²) in [6, 6.07) is 11.9. The van der Waals surface area contributed by atoms with Gasteiger partial charge in [0.05, 0.1) is 29.5 Å². The van der Waals surface area contributed by atoms with E-state index < -0.39 is 23.6 Å². The Morgan fingerprint density at radius 3 is 2.52 bits per heavy atom. The zero-order chi connectivity index (χ0) is 34.4. The van der Waals surface area contributed by atoms with E-state index in [9.17, 15) is 19.8 Å². The summed E-state index contributed by atoms with van der Waals surface area (Å²) in [7, 11) is 0. The lowest BCUT2D eigenvalue weighted by Gasteiger charge is -2.35. The van der Waals surface area contributed by atoms with Crippen LogP contribution in [0.4, 0.5) is 10.2 Å². The molecule has 10 nitrogen and oxygen atoms in total. The van der Waals surface area contributed by atoms with Crippen molar-refractivity contribution in [2.45, 2.75) is 83.6 Å². The number of rotatable bonds is 7. The van der Waals surface area contributed by atoms with E-state index in [0.717, 1.165) is 48.3 Å². The van der Waals surface area contributed by atoms with E-state index in [4.69, 9.17) is 0 Å². The molecule has 4 N–H and O–H groups in total. The molecule has 4 heterocycles. The number of nitrogens with one attached hydrogen (secondary N) is 2. The molecule has 2 aromatic carbocycles. The minimum absolute atomic E-state index is 0.0698. The van der Waals surface area contributed by atoms with Gasteiger partial charge >= 0.3 is 0 Å². The highest BCUT2D eigenvalue weighted by Gasteiger charge is 2.31. The van der Waals surface area contributed by atoms with Gasteiger partial charge in [-0.15, -0.1) is 0 Å². The third-order valence-corrected chi connectivity index (χ3v) is 9.55. The summed E-state index contributed by atoms with van der Waals surface area (Å²) in [5.74, 6) is -0.769. The Bertz CT molecular complexity index is 1940. The average molecular weight is 655 g/mol. The maximum absolute atomic E-state index is 15.4. The second kappa shape index (κ2) is 12.9. The summed E-state index contributed by atoms with van der Waals surface area (Å²) in [6.45, 7) is 11.6. The van der Waals surface area contributed by atoms with Gasteiger partial charge in [-0.2, -0.15) is 9.78 Å². The summed E-state index contributed by atoms with van der Waals surface area (Å²) in [4.78, 5) is 33.6. The lowest BCUT2D eigenvalue weighted by Crippen LogP contribution is -2.43. The van der Waals surface area contributed by atoms with E-state index in [1.165, 1.54) is 12.3 Å². The molecule has 1 fully saturated rings. The van der Waals surface area contributed by atoms with Gasteiger partial charge in [0.2, 0.25) is 0 Å². The molecule has 6 rings (SSSR count). The number of nitrogens with zero attached hydrogens (tertiary/aromatic N) is 4. The van der Waals surface area contributed by atoms with Gasteiger partial charge in [0.1, 0.15) is 17.3 Å². The molecule has 48 heavy (non-hydrogen) atoms. The molecule has 11 heteroatoms. The van der Waals surface area contributed by atoms with Crippen LogP contribution in [0.15, 0.2) is 71.4 Å². The lowest BCUT2D eigenvalue weighted by molar-refractivity contribution is -0.118. The Hall–Kier alpha value is -4.45. The molecule has 0 spiro atoms. The third kappa shape index (κ3) is 6.76. The quantitative estimate of drug-likeness (QED) is 0.227. The Morgan fingerprint density at radius 1 is 1.10 bits per heavy atom. The van der Waals surface area contributed by atoms with Gasteiger partial charge < -0.3 is 20.8 Å². The van der Waals surface area contributed by atoms with Crippen LogP contribution in [0.2, 0.25) is 0 Å². The number of amides is 1. The largest absolute Gasteiger partial charge is 0.392 e. The van der Waals surface area contributed by atoms with Crippen LogP contribution in [0, 0.1) is 5.82 Å². The monoisotopic (exact) mass is 654 g/mol. The first-order chi connectivity index (χ1) is 22.7. The van der Waals surface area contributed by atoms with Gasteiger partial charge in [-0.25, -0.2) is 9.37 Å². The van der Waals surface area contributed by atoms with Crippen LogP contribution < -0.4 is 16.2 Å². The molecule has 2 aromatic heterocycles. The van der Waals surface area contributed by atoms with E-state index >= 15 is 4.39 Å². The normalized spacial score (nSPS) is 20.0. The third-order valence-electron chi connectivity index (χ3n) is 9.55. The van der Waals surface area contributed by atoms with E-state index in [1.807, 2.05) is 52.8 Å². The maximum Gasteiger partial charge on any atom is 0.282 e. The van der Waals surface area contributed by atoms with Crippen LogP contribution >= 0.6 is 0 Å². The van der Waals surface area contributed by atoms with Crippen molar-refractivity contribution in [2.75, 3.05) is 18.4 Å². The Balaban J connectivity index is 1.28. The van der Waals surface area contributed by atoms with Crippen LogP contribution in [0.25, 0.3) is 16.5 Å². The van der Waals surface area contributed by atoms with Crippen LogP contribution in [-0.2, 0) is 23.4 Å². The summed E-state index contributed by atoms with van der Waals surface area (Å²) in [5, 5.41) is 31.7. The number of aliphatic hydroxyl groups is 2. The minimum atomic E-state index is -0.623. The molecule has 1 saturated heterocycles. The second-order valence-corrected chi connectivity index (χ2v) is 14.4. The highest BCUT2D eigenvalue weighted by Crippen LogP contribution is 2.33. The van der Waals surface area contributed by atoms with Crippen molar-refractivity contribution in [1.82, 2.24) is 25.0 Å². The lowest BCUT2D eigenvalue weighted by atomic mass is 9.85. The van der Waals surface area contributed by atoms with Gasteiger partial charge in [-0.1, -0.05) is 39.0 Å². The van der Waals surface area contributed by atoms with E-state index in [1.54, 1.807) is 30.5 Å². The van der Waals surface area contributed by atoms with Crippen LogP contribution in [0.1, 0.15) is 75.6 Å². The van der Waals surface area contributed by atoms with Crippen molar-refractivity contribution in [1.29, 1.82) is 0 Å². The van der Waals surface area contributed by atoms with E-state index in [-0.39, 0.29) is 28.7 Å². The molecule has 2 unspecified atom stereocenters. The van der Waals surface area contributed by atoms with Crippen molar-refractivity contribution >= 4 is 22.5 Å². The summed E-state index contributed by atoms with van der Waals surface area (Å²) >= 11 is 0. The number of likely N-dealkylation sites (tertiary alicyclic amines) is 1. The van der Waals surface area contributed by atoms with Crippen molar-refractivity contribution in [3.63, 3.8) is 0 Å². The molecule has 2 aliphatic heterocycles. The highest BCUT2D eigenvalue weighted by molar-refractivity contribution is 5.97. The molecular weight excluding hydrogens is 611 g/mol. The second-order valence-electron chi connectivity index (χ2n) is 14.4. The maximum atomic E-state index is 15.4. The van der Waals surface area contributed by atoms with Gasteiger partial charge in [0.25, 0.3) is 11.5 Å². The number of halogens is 1. The van der Waals surface area contributed by atoms with Gasteiger partial charge in [0.15, 0.2) is 0 Å². The molecule has 2 aliphatic rings. The molecule has 2 atom stereocenters. The number of carbonyl (C=O) groups excluding carboxylic acids is 1. The molecular formula is C37H43FN6O4. The summed E-state index contributed by atoms with van der Waals surface area (Å²) < 4.78 is 16.5. The fourth-order valence-electron chi connectivity index (χ4n) is 6.53. The summed E-state index contributed by atoms with van der Waals surface area (Å²) in [5.41, 5.74) is 2.04. The molecule has 4 aromatic rings. The SMILES string of the molecule is CC1NC(=O)C(Nc2ccc(CN3CCC(C)(O)CC3)cn2)=CC1c1cccc(-n2ncc3cc(C(C)(C)C)cc(F)c3c2=O)c1CO. The predicted molar refractivity (Wildman–Crippen MR) is 183 cm³/mol. The number of piperidine rings is 1. The highest BCUT2D eigenvalue weighted by atomic mass is 19.1. The number of aromatic nitrogens is 3. The van der Waals surface area contributed by atoms with Crippen molar-refractivity contribution in [2.24, 2.45) is 0 Å². The van der Waals surface area contributed by atoms with Crippen molar-refractivity contribution < 1.29 is 19.4 Å². The number of anilines is 1. The first-order valence-corrected chi connectivity index (χ1v) is 16.4.